The Kier molecular flexibility index (Phi) is 8.49. The molecule has 0 radical (unpaired) electrons. The van der Waals surface area contributed by atoms with Crippen molar-refractivity contribution in [1.82, 2.24) is 4.31 Å². The third-order valence-corrected chi connectivity index (χ3v) is 6.94. The minimum atomic E-state index is -3.67. The summed E-state index contributed by atoms with van der Waals surface area (Å²) >= 11 is 0. The van der Waals surface area contributed by atoms with E-state index in [4.69, 9.17) is 14.2 Å². The van der Waals surface area contributed by atoms with E-state index in [-0.39, 0.29) is 17.2 Å². The van der Waals surface area contributed by atoms with Crippen LogP contribution in [0.3, 0.4) is 0 Å². The van der Waals surface area contributed by atoms with Crippen LogP contribution in [0.25, 0.3) is 0 Å². The number of hydrogen-bond donors (Lipinski definition) is 1. The van der Waals surface area contributed by atoms with Crippen molar-refractivity contribution in [2.45, 2.75) is 37.5 Å². The molecule has 0 atom stereocenters. The number of rotatable bonds is 10. The topological polar surface area (TPSA) is 94.2 Å². The van der Waals surface area contributed by atoms with E-state index < -0.39 is 15.9 Å². The van der Waals surface area contributed by atoms with E-state index in [0.29, 0.717) is 36.9 Å². The van der Waals surface area contributed by atoms with Gasteiger partial charge in [-0.1, -0.05) is 25.5 Å². The molecule has 3 rings (SSSR count). The molecule has 1 N–H and O–H groups in total. The standard InChI is InChI=1S/C23H30N2O6S/c1-3-15-30-17-23(26)24-19-16-18(32(27,28)25-13-7-4-8-14-25)11-12-20(19)31-22-10-6-5-9-21(22)29-2/h5-6,9-12,16H,3-4,7-8,13-15,17H2,1-2H3,(H,24,26). The van der Waals surface area contributed by atoms with Crippen LogP contribution in [0.5, 0.6) is 17.2 Å². The molecule has 1 saturated heterocycles. The predicted octanol–water partition coefficient (Wildman–Crippen LogP) is 4.03. The molecule has 174 valence electrons. The van der Waals surface area contributed by atoms with Gasteiger partial charge in [0.25, 0.3) is 0 Å². The molecule has 0 bridgehead atoms. The van der Waals surface area contributed by atoms with Gasteiger partial charge in [-0.2, -0.15) is 4.31 Å². The number of para-hydroxylation sites is 2. The second kappa shape index (κ2) is 11.3. The van der Waals surface area contributed by atoms with Crippen molar-refractivity contribution >= 4 is 21.6 Å². The fourth-order valence-electron chi connectivity index (χ4n) is 3.43. The van der Waals surface area contributed by atoms with Gasteiger partial charge in [0.05, 0.1) is 17.7 Å². The van der Waals surface area contributed by atoms with Gasteiger partial charge < -0.3 is 19.5 Å². The number of methoxy groups -OCH3 is 1. The summed E-state index contributed by atoms with van der Waals surface area (Å²) in [5.74, 6) is 0.868. The van der Waals surface area contributed by atoms with Crippen LogP contribution < -0.4 is 14.8 Å². The Morgan fingerprint density at radius 1 is 1.03 bits per heavy atom. The molecule has 1 fully saturated rings. The zero-order chi connectivity index (χ0) is 23.0. The summed E-state index contributed by atoms with van der Waals surface area (Å²) in [4.78, 5) is 12.5. The number of piperidine rings is 1. The maximum atomic E-state index is 13.1. The monoisotopic (exact) mass is 462 g/mol. The highest BCUT2D eigenvalue weighted by Gasteiger charge is 2.27. The number of hydrogen-bond acceptors (Lipinski definition) is 6. The highest BCUT2D eigenvalue weighted by Crippen LogP contribution is 2.37. The van der Waals surface area contributed by atoms with E-state index in [1.807, 2.05) is 13.0 Å². The van der Waals surface area contributed by atoms with E-state index in [2.05, 4.69) is 5.32 Å². The number of nitrogens with one attached hydrogen (secondary N) is 1. The minimum absolute atomic E-state index is 0.108. The molecule has 9 heteroatoms. The van der Waals surface area contributed by atoms with Crippen molar-refractivity contribution in [1.29, 1.82) is 0 Å². The van der Waals surface area contributed by atoms with Gasteiger partial charge in [0, 0.05) is 19.7 Å². The SMILES string of the molecule is CCCOCC(=O)Nc1cc(S(=O)(=O)N2CCCCC2)ccc1Oc1ccccc1OC. The average molecular weight is 463 g/mol. The normalized spacial score (nSPS) is 14.7. The van der Waals surface area contributed by atoms with Crippen LogP contribution in [0.15, 0.2) is 47.4 Å². The van der Waals surface area contributed by atoms with Gasteiger partial charge in [0.15, 0.2) is 17.2 Å². The summed E-state index contributed by atoms with van der Waals surface area (Å²) in [5, 5.41) is 2.73. The zero-order valence-corrected chi connectivity index (χ0v) is 19.3. The number of ether oxygens (including phenoxy) is 3. The van der Waals surface area contributed by atoms with E-state index >= 15 is 0 Å². The maximum Gasteiger partial charge on any atom is 0.250 e. The lowest BCUT2D eigenvalue weighted by molar-refractivity contribution is -0.120. The lowest BCUT2D eigenvalue weighted by Gasteiger charge is -2.26. The number of carbonyl (C=O) groups excluding carboxylic acids is 1. The van der Waals surface area contributed by atoms with Crippen LogP contribution in [0.2, 0.25) is 0 Å². The van der Waals surface area contributed by atoms with E-state index in [1.165, 1.54) is 23.5 Å². The summed E-state index contributed by atoms with van der Waals surface area (Å²) in [6.07, 6.45) is 3.49. The third kappa shape index (κ3) is 5.99. The van der Waals surface area contributed by atoms with Crippen LogP contribution in [-0.2, 0) is 19.6 Å². The fraction of sp³-hybridized carbons (Fsp3) is 0.435. The van der Waals surface area contributed by atoms with Crippen molar-refractivity contribution in [3.8, 4) is 17.2 Å². The minimum Gasteiger partial charge on any atom is -0.493 e. The first kappa shape index (κ1) is 24.0. The number of amides is 1. The van der Waals surface area contributed by atoms with Crippen molar-refractivity contribution in [2.75, 3.05) is 38.7 Å². The Morgan fingerprint density at radius 2 is 1.75 bits per heavy atom. The average Bonchev–Trinajstić information content (AvgIpc) is 2.81. The molecule has 1 aliphatic heterocycles. The van der Waals surface area contributed by atoms with Crippen molar-refractivity contribution in [3.63, 3.8) is 0 Å². The molecule has 1 heterocycles. The summed E-state index contributed by atoms with van der Waals surface area (Å²) in [5.41, 5.74) is 0.249. The molecule has 0 unspecified atom stereocenters. The summed E-state index contributed by atoms with van der Waals surface area (Å²) in [7, 11) is -2.14. The van der Waals surface area contributed by atoms with Crippen LogP contribution in [0, 0.1) is 0 Å². The maximum absolute atomic E-state index is 13.1. The quantitative estimate of drug-likeness (QED) is 0.536. The number of anilines is 1. The first-order valence-electron chi connectivity index (χ1n) is 10.8. The molecule has 1 aliphatic rings. The number of nitrogens with zero attached hydrogens (tertiary/aromatic N) is 1. The molecule has 2 aromatic carbocycles. The van der Waals surface area contributed by atoms with Crippen LogP contribution in [-0.4, -0.2) is 52.0 Å². The Morgan fingerprint density at radius 3 is 2.44 bits per heavy atom. The highest BCUT2D eigenvalue weighted by molar-refractivity contribution is 7.89. The Bertz CT molecular complexity index is 1020. The number of benzene rings is 2. The first-order chi connectivity index (χ1) is 15.5. The van der Waals surface area contributed by atoms with Crippen molar-refractivity contribution < 1.29 is 27.4 Å². The highest BCUT2D eigenvalue weighted by atomic mass is 32.2. The van der Waals surface area contributed by atoms with Gasteiger partial charge in [-0.25, -0.2) is 8.42 Å². The molecule has 0 spiro atoms. The van der Waals surface area contributed by atoms with Gasteiger partial charge in [-0.15, -0.1) is 0 Å². The first-order valence-corrected chi connectivity index (χ1v) is 12.2. The molecular formula is C23H30N2O6S. The molecule has 2 aromatic rings. The van der Waals surface area contributed by atoms with E-state index in [0.717, 1.165) is 25.7 Å². The summed E-state index contributed by atoms with van der Waals surface area (Å²) in [6, 6.07) is 11.6. The van der Waals surface area contributed by atoms with E-state index in [9.17, 15) is 13.2 Å². The van der Waals surface area contributed by atoms with Crippen LogP contribution in [0.1, 0.15) is 32.6 Å². The Labute approximate surface area is 189 Å². The number of sulfonamides is 1. The van der Waals surface area contributed by atoms with Gasteiger partial charge in [0.1, 0.15) is 6.61 Å². The third-order valence-electron chi connectivity index (χ3n) is 5.05. The lowest BCUT2D eigenvalue weighted by Crippen LogP contribution is -2.35. The largest absolute Gasteiger partial charge is 0.493 e. The zero-order valence-electron chi connectivity index (χ0n) is 18.5. The predicted molar refractivity (Wildman–Crippen MR) is 122 cm³/mol. The second-order valence-electron chi connectivity index (χ2n) is 7.48. The van der Waals surface area contributed by atoms with Crippen LogP contribution >= 0.6 is 0 Å². The Balaban J connectivity index is 1.92. The summed E-state index contributed by atoms with van der Waals surface area (Å²) < 4.78 is 44.4. The number of carbonyl (C=O) groups is 1. The van der Waals surface area contributed by atoms with Gasteiger partial charge in [-0.05, 0) is 49.6 Å². The fourth-order valence-corrected chi connectivity index (χ4v) is 4.97. The molecule has 32 heavy (non-hydrogen) atoms. The molecular weight excluding hydrogens is 432 g/mol. The van der Waals surface area contributed by atoms with Gasteiger partial charge >= 0.3 is 0 Å². The van der Waals surface area contributed by atoms with E-state index in [1.54, 1.807) is 24.3 Å². The second-order valence-corrected chi connectivity index (χ2v) is 9.41. The molecule has 8 nitrogen and oxygen atoms in total. The van der Waals surface area contributed by atoms with Gasteiger partial charge in [-0.3, -0.25) is 4.79 Å². The summed E-state index contributed by atoms with van der Waals surface area (Å²) in [6.45, 7) is 3.27. The molecule has 0 aliphatic carbocycles. The lowest BCUT2D eigenvalue weighted by atomic mass is 10.2. The Hall–Kier alpha value is -2.62. The smallest absolute Gasteiger partial charge is 0.250 e. The van der Waals surface area contributed by atoms with Crippen molar-refractivity contribution in [2.24, 2.45) is 0 Å². The molecule has 1 amide bonds. The molecule has 0 aromatic heterocycles. The van der Waals surface area contributed by atoms with Gasteiger partial charge in [0.2, 0.25) is 15.9 Å². The van der Waals surface area contributed by atoms with Crippen LogP contribution in [0.4, 0.5) is 5.69 Å². The molecule has 0 saturated carbocycles. The van der Waals surface area contributed by atoms with Crippen molar-refractivity contribution in [3.05, 3.63) is 42.5 Å².